The van der Waals surface area contributed by atoms with Crippen LogP contribution in [0.5, 0.6) is 0 Å². The van der Waals surface area contributed by atoms with Gasteiger partial charge in [-0.05, 0) is 25.3 Å². The molecule has 19 heavy (non-hydrogen) atoms. The Bertz CT molecular complexity index is 380. The first-order valence-corrected chi connectivity index (χ1v) is 7.46. The summed E-state index contributed by atoms with van der Waals surface area (Å²) >= 11 is 0. The summed E-state index contributed by atoms with van der Waals surface area (Å²) in [5, 5.41) is 3.44. The van der Waals surface area contributed by atoms with Crippen LogP contribution in [0.4, 0.5) is 0 Å². The third-order valence-electron chi connectivity index (χ3n) is 3.98. The number of H-pyrrole nitrogens is 1. The Morgan fingerprint density at radius 1 is 1.37 bits per heavy atom. The van der Waals surface area contributed by atoms with Crippen molar-refractivity contribution >= 4 is 0 Å². The monoisotopic (exact) mass is 265 g/mol. The minimum Gasteiger partial charge on any atom is -0.370 e. The van der Waals surface area contributed by atoms with Crippen molar-refractivity contribution in [2.45, 2.75) is 58.1 Å². The van der Waals surface area contributed by atoms with Crippen LogP contribution in [0.25, 0.3) is 0 Å². The number of rotatable bonds is 6. The van der Waals surface area contributed by atoms with Gasteiger partial charge in [0.15, 0.2) is 0 Å². The molecule has 0 bridgehead atoms. The molecule has 0 saturated heterocycles. The van der Waals surface area contributed by atoms with Crippen LogP contribution in [0.2, 0.25) is 0 Å². The molecular formula is C15H27N3O. The molecule has 1 fully saturated rings. The number of hydrogen-bond donors (Lipinski definition) is 2. The summed E-state index contributed by atoms with van der Waals surface area (Å²) in [5.41, 5.74) is 0.979. The van der Waals surface area contributed by atoms with Gasteiger partial charge in [0.1, 0.15) is 11.4 Å². The average Bonchev–Trinajstić information content (AvgIpc) is 2.88. The summed E-state index contributed by atoms with van der Waals surface area (Å²) in [7, 11) is 1.81. The third-order valence-corrected chi connectivity index (χ3v) is 3.98. The second-order valence-electron chi connectivity index (χ2n) is 6.04. The number of hydrogen-bond acceptors (Lipinski definition) is 3. The summed E-state index contributed by atoms with van der Waals surface area (Å²) in [6, 6.07) is 0. The van der Waals surface area contributed by atoms with E-state index in [9.17, 15) is 0 Å². The summed E-state index contributed by atoms with van der Waals surface area (Å²) < 4.78 is 5.81. The lowest BCUT2D eigenvalue weighted by Gasteiger charge is -2.34. The van der Waals surface area contributed by atoms with Gasteiger partial charge in [0.05, 0.1) is 0 Å². The minimum absolute atomic E-state index is 0.172. The fraction of sp³-hybridized carbons (Fsp3) is 0.800. The van der Waals surface area contributed by atoms with Crippen LogP contribution >= 0.6 is 0 Å². The number of nitrogens with one attached hydrogen (secondary N) is 2. The van der Waals surface area contributed by atoms with Crippen LogP contribution in [0.1, 0.15) is 57.5 Å². The molecule has 1 heterocycles. The lowest BCUT2D eigenvalue weighted by Crippen LogP contribution is -2.32. The molecule has 4 heteroatoms. The van der Waals surface area contributed by atoms with Gasteiger partial charge in [0, 0.05) is 25.5 Å². The smallest absolute Gasteiger partial charge is 0.138 e. The fourth-order valence-corrected chi connectivity index (χ4v) is 2.84. The molecule has 1 aliphatic carbocycles. The largest absolute Gasteiger partial charge is 0.370 e. The zero-order chi connectivity index (χ0) is 13.7. The Morgan fingerprint density at radius 3 is 2.74 bits per heavy atom. The first-order chi connectivity index (χ1) is 9.16. The predicted molar refractivity (Wildman–Crippen MR) is 76.9 cm³/mol. The first kappa shape index (κ1) is 14.5. The molecule has 1 aliphatic rings. The zero-order valence-corrected chi connectivity index (χ0v) is 12.5. The molecule has 0 radical (unpaired) electrons. The maximum atomic E-state index is 5.81. The van der Waals surface area contributed by atoms with E-state index in [0.717, 1.165) is 37.4 Å². The van der Waals surface area contributed by atoms with Gasteiger partial charge in [-0.25, -0.2) is 4.98 Å². The standard InChI is InChI=1S/C15H27N3O/c1-12(2)9-16-10-13-11-17-14(18-13)15(19-3)7-5-4-6-8-15/h11-12,16H,4-10H2,1-3H3,(H,17,18). The van der Waals surface area contributed by atoms with E-state index >= 15 is 0 Å². The summed E-state index contributed by atoms with van der Waals surface area (Å²) in [6.07, 6.45) is 7.88. The van der Waals surface area contributed by atoms with Crippen molar-refractivity contribution in [1.29, 1.82) is 0 Å². The van der Waals surface area contributed by atoms with Crippen molar-refractivity contribution in [3.05, 3.63) is 17.7 Å². The maximum absolute atomic E-state index is 5.81. The summed E-state index contributed by atoms with van der Waals surface area (Å²) in [6.45, 7) is 6.31. The SMILES string of the molecule is COC1(c2ncc(CNCC(C)C)[nH]2)CCCCC1. The number of imidazole rings is 1. The van der Waals surface area contributed by atoms with Gasteiger partial charge in [-0.15, -0.1) is 0 Å². The second kappa shape index (κ2) is 6.53. The van der Waals surface area contributed by atoms with Crippen LogP contribution in [-0.4, -0.2) is 23.6 Å². The minimum atomic E-state index is -0.172. The van der Waals surface area contributed by atoms with Crippen molar-refractivity contribution in [2.75, 3.05) is 13.7 Å². The highest BCUT2D eigenvalue weighted by atomic mass is 16.5. The van der Waals surface area contributed by atoms with Crippen molar-refractivity contribution in [2.24, 2.45) is 5.92 Å². The Labute approximate surface area is 116 Å². The van der Waals surface area contributed by atoms with Crippen molar-refractivity contribution in [1.82, 2.24) is 15.3 Å². The van der Waals surface area contributed by atoms with Crippen molar-refractivity contribution in [3.8, 4) is 0 Å². The van der Waals surface area contributed by atoms with E-state index in [0.29, 0.717) is 5.92 Å². The van der Waals surface area contributed by atoms with Crippen molar-refractivity contribution < 1.29 is 4.74 Å². The molecule has 0 unspecified atom stereocenters. The lowest BCUT2D eigenvalue weighted by atomic mass is 9.84. The van der Waals surface area contributed by atoms with E-state index < -0.39 is 0 Å². The summed E-state index contributed by atoms with van der Waals surface area (Å²) in [4.78, 5) is 8.01. The Hall–Kier alpha value is -0.870. The fourth-order valence-electron chi connectivity index (χ4n) is 2.84. The molecule has 1 aromatic rings. The molecule has 108 valence electrons. The highest BCUT2D eigenvalue weighted by molar-refractivity contribution is 5.10. The molecule has 0 amide bonds. The van der Waals surface area contributed by atoms with E-state index in [1.165, 1.54) is 19.3 Å². The van der Waals surface area contributed by atoms with E-state index in [-0.39, 0.29) is 5.60 Å². The number of aromatic nitrogens is 2. The van der Waals surface area contributed by atoms with Gasteiger partial charge in [-0.1, -0.05) is 33.1 Å². The molecule has 2 rings (SSSR count). The van der Waals surface area contributed by atoms with Gasteiger partial charge in [0.25, 0.3) is 0 Å². The maximum Gasteiger partial charge on any atom is 0.138 e. The van der Waals surface area contributed by atoms with Crippen molar-refractivity contribution in [3.63, 3.8) is 0 Å². The van der Waals surface area contributed by atoms with Crippen LogP contribution < -0.4 is 5.32 Å². The number of ether oxygens (including phenoxy) is 1. The number of methoxy groups -OCH3 is 1. The normalized spacial score (nSPS) is 18.9. The molecule has 0 aliphatic heterocycles. The van der Waals surface area contributed by atoms with Crippen LogP contribution in [0, 0.1) is 5.92 Å². The number of nitrogens with zero attached hydrogens (tertiary/aromatic N) is 1. The first-order valence-electron chi connectivity index (χ1n) is 7.46. The molecule has 0 atom stereocenters. The lowest BCUT2D eigenvalue weighted by molar-refractivity contribution is -0.0509. The highest BCUT2D eigenvalue weighted by Crippen LogP contribution is 2.38. The van der Waals surface area contributed by atoms with Gasteiger partial charge in [-0.2, -0.15) is 0 Å². The Balaban J connectivity index is 1.98. The number of aromatic amines is 1. The van der Waals surface area contributed by atoms with Crippen LogP contribution in [-0.2, 0) is 16.9 Å². The molecule has 0 spiro atoms. The Morgan fingerprint density at radius 2 is 2.11 bits per heavy atom. The zero-order valence-electron chi connectivity index (χ0n) is 12.5. The van der Waals surface area contributed by atoms with E-state index in [1.54, 1.807) is 0 Å². The van der Waals surface area contributed by atoms with Crippen LogP contribution in [0.3, 0.4) is 0 Å². The van der Waals surface area contributed by atoms with E-state index in [2.05, 4.69) is 29.1 Å². The average molecular weight is 265 g/mol. The molecule has 2 N–H and O–H groups in total. The highest BCUT2D eigenvalue weighted by Gasteiger charge is 2.36. The molecule has 0 aromatic carbocycles. The van der Waals surface area contributed by atoms with E-state index in [1.807, 2.05) is 13.3 Å². The molecular weight excluding hydrogens is 238 g/mol. The van der Waals surface area contributed by atoms with Gasteiger partial charge in [0.2, 0.25) is 0 Å². The quantitative estimate of drug-likeness (QED) is 0.831. The topological polar surface area (TPSA) is 49.9 Å². The second-order valence-corrected chi connectivity index (χ2v) is 6.04. The summed E-state index contributed by atoms with van der Waals surface area (Å²) in [5.74, 6) is 1.68. The predicted octanol–water partition coefficient (Wildman–Crippen LogP) is 2.96. The molecule has 4 nitrogen and oxygen atoms in total. The van der Waals surface area contributed by atoms with Gasteiger partial charge in [-0.3, -0.25) is 0 Å². The molecule has 1 aromatic heterocycles. The van der Waals surface area contributed by atoms with Gasteiger partial charge < -0.3 is 15.0 Å². The van der Waals surface area contributed by atoms with Gasteiger partial charge >= 0.3 is 0 Å². The Kier molecular flexibility index (Phi) is 4.99. The van der Waals surface area contributed by atoms with Crippen LogP contribution in [0.15, 0.2) is 6.20 Å². The van der Waals surface area contributed by atoms with E-state index in [4.69, 9.17) is 4.74 Å². The molecule has 1 saturated carbocycles. The third kappa shape index (κ3) is 3.57.